The van der Waals surface area contributed by atoms with Gasteiger partial charge in [0.2, 0.25) is 5.95 Å². The third-order valence-electron chi connectivity index (χ3n) is 2.29. The summed E-state index contributed by atoms with van der Waals surface area (Å²) in [6, 6.07) is -0.783. The largest absolute Gasteiger partial charge is 0.480 e. The lowest BCUT2D eigenvalue weighted by Gasteiger charge is -2.17. The second kappa shape index (κ2) is 5.95. The van der Waals surface area contributed by atoms with Gasteiger partial charge in [-0.3, -0.25) is 0 Å². The predicted octanol–water partition coefficient (Wildman–Crippen LogP) is 0.784. The minimum absolute atomic E-state index is 0.119. The standard InChI is InChI=1S/C11H15N3O4/c1-6(2)8(9(15)16)14-11-12-4-7(5-13-11)10(17)18-3/h4-6,8H,1-3H3,(H,15,16)(H,12,13,14)/t8-/m1/s1. The van der Waals surface area contributed by atoms with Crippen LogP contribution in [0, 0.1) is 5.92 Å². The van der Waals surface area contributed by atoms with E-state index < -0.39 is 18.0 Å². The summed E-state index contributed by atoms with van der Waals surface area (Å²) in [6.07, 6.45) is 2.56. The van der Waals surface area contributed by atoms with E-state index in [-0.39, 0.29) is 17.4 Å². The van der Waals surface area contributed by atoms with E-state index >= 15 is 0 Å². The summed E-state index contributed by atoms with van der Waals surface area (Å²) in [5.41, 5.74) is 0.208. The molecule has 0 fully saturated rings. The van der Waals surface area contributed by atoms with Crippen molar-refractivity contribution in [2.45, 2.75) is 19.9 Å². The molecule has 0 aliphatic carbocycles. The van der Waals surface area contributed by atoms with Crippen molar-refractivity contribution in [1.29, 1.82) is 0 Å². The molecule has 0 aliphatic heterocycles. The Morgan fingerprint density at radius 1 is 1.33 bits per heavy atom. The number of anilines is 1. The Hall–Kier alpha value is -2.18. The summed E-state index contributed by atoms with van der Waals surface area (Å²) >= 11 is 0. The first kappa shape index (κ1) is 13.9. The molecule has 2 N–H and O–H groups in total. The molecule has 1 rings (SSSR count). The Morgan fingerprint density at radius 3 is 2.28 bits per heavy atom. The Balaban J connectivity index is 2.79. The molecule has 0 saturated carbocycles. The first-order valence-corrected chi connectivity index (χ1v) is 5.35. The zero-order valence-corrected chi connectivity index (χ0v) is 10.4. The number of carboxylic acid groups (broad SMARTS) is 1. The number of ether oxygens (including phenoxy) is 1. The molecule has 1 atom stereocenters. The van der Waals surface area contributed by atoms with Crippen LogP contribution < -0.4 is 5.32 Å². The molecular formula is C11H15N3O4. The SMILES string of the molecule is COC(=O)c1cnc(N[C@@H](C(=O)O)C(C)C)nc1. The maximum atomic E-state index is 11.1. The van der Waals surface area contributed by atoms with Crippen LogP contribution in [0.3, 0.4) is 0 Å². The van der Waals surface area contributed by atoms with Gasteiger partial charge in [0.25, 0.3) is 0 Å². The third kappa shape index (κ3) is 3.41. The molecule has 7 heteroatoms. The molecule has 0 bridgehead atoms. The number of hydrogen-bond acceptors (Lipinski definition) is 6. The Kier molecular flexibility index (Phi) is 4.59. The Bertz CT molecular complexity index is 430. The van der Waals surface area contributed by atoms with E-state index in [1.54, 1.807) is 13.8 Å². The minimum atomic E-state index is -0.981. The van der Waals surface area contributed by atoms with Crippen molar-refractivity contribution in [2.24, 2.45) is 5.92 Å². The predicted molar refractivity (Wildman–Crippen MR) is 63.3 cm³/mol. The fraction of sp³-hybridized carbons (Fsp3) is 0.455. The van der Waals surface area contributed by atoms with Gasteiger partial charge in [0, 0.05) is 12.4 Å². The smallest absolute Gasteiger partial charge is 0.341 e. The van der Waals surface area contributed by atoms with Gasteiger partial charge in [-0.25, -0.2) is 19.6 Å². The lowest BCUT2D eigenvalue weighted by Crippen LogP contribution is -2.34. The molecule has 1 heterocycles. The highest BCUT2D eigenvalue weighted by Gasteiger charge is 2.22. The van der Waals surface area contributed by atoms with E-state index in [2.05, 4.69) is 20.0 Å². The highest BCUT2D eigenvalue weighted by molar-refractivity contribution is 5.88. The van der Waals surface area contributed by atoms with E-state index in [4.69, 9.17) is 5.11 Å². The van der Waals surface area contributed by atoms with Crippen LogP contribution in [-0.4, -0.2) is 40.2 Å². The van der Waals surface area contributed by atoms with Crippen molar-refractivity contribution in [1.82, 2.24) is 9.97 Å². The third-order valence-corrected chi connectivity index (χ3v) is 2.29. The van der Waals surface area contributed by atoms with Gasteiger partial charge in [-0.15, -0.1) is 0 Å². The molecule has 1 aromatic heterocycles. The lowest BCUT2D eigenvalue weighted by atomic mass is 10.1. The van der Waals surface area contributed by atoms with Crippen LogP contribution in [0.2, 0.25) is 0 Å². The van der Waals surface area contributed by atoms with Crippen LogP contribution in [0.15, 0.2) is 12.4 Å². The molecule has 0 aromatic carbocycles. The summed E-state index contributed by atoms with van der Waals surface area (Å²) in [6.45, 7) is 3.54. The topological polar surface area (TPSA) is 101 Å². The molecule has 0 aliphatic rings. The molecule has 0 amide bonds. The number of carboxylic acids is 1. The maximum absolute atomic E-state index is 11.1. The van der Waals surface area contributed by atoms with Gasteiger partial charge in [-0.2, -0.15) is 0 Å². The molecule has 0 unspecified atom stereocenters. The van der Waals surface area contributed by atoms with Crippen LogP contribution in [-0.2, 0) is 9.53 Å². The Morgan fingerprint density at radius 2 is 1.89 bits per heavy atom. The summed E-state index contributed by atoms with van der Waals surface area (Å²) in [7, 11) is 1.26. The molecular weight excluding hydrogens is 238 g/mol. The lowest BCUT2D eigenvalue weighted by molar-refractivity contribution is -0.138. The number of aromatic nitrogens is 2. The van der Waals surface area contributed by atoms with E-state index in [1.165, 1.54) is 19.5 Å². The summed E-state index contributed by atoms with van der Waals surface area (Å²) < 4.78 is 4.50. The average molecular weight is 253 g/mol. The average Bonchev–Trinajstić information content (AvgIpc) is 2.35. The van der Waals surface area contributed by atoms with Crippen molar-refractivity contribution in [3.63, 3.8) is 0 Å². The maximum Gasteiger partial charge on any atom is 0.341 e. The first-order valence-electron chi connectivity index (χ1n) is 5.35. The van der Waals surface area contributed by atoms with E-state index in [9.17, 15) is 9.59 Å². The van der Waals surface area contributed by atoms with Crippen molar-refractivity contribution >= 4 is 17.9 Å². The number of carbonyl (C=O) groups excluding carboxylic acids is 1. The van der Waals surface area contributed by atoms with Crippen molar-refractivity contribution in [3.8, 4) is 0 Å². The number of aliphatic carboxylic acids is 1. The number of nitrogens with zero attached hydrogens (tertiary/aromatic N) is 2. The second-order valence-corrected chi connectivity index (χ2v) is 3.99. The van der Waals surface area contributed by atoms with Gasteiger partial charge in [0.1, 0.15) is 6.04 Å². The fourth-order valence-electron chi connectivity index (χ4n) is 1.28. The molecule has 98 valence electrons. The van der Waals surface area contributed by atoms with Gasteiger partial charge in [0.05, 0.1) is 12.7 Å². The number of carbonyl (C=O) groups is 2. The molecule has 1 aromatic rings. The summed E-state index contributed by atoms with van der Waals surface area (Å²) in [4.78, 5) is 29.9. The molecule has 18 heavy (non-hydrogen) atoms. The van der Waals surface area contributed by atoms with E-state index in [0.29, 0.717) is 0 Å². The zero-order chi connectivity index (χ0) is 13.7. The molecule has 0 spiro atoms. The van der Waals surface area contributed by atoms with Gasteiger partial charge in [0.15, 0.2) is 0 Å². The number of rotatable bonds is 5. The fourth-order valence-corrected chi connectivity index (χ4v) is 1.28. The highest BCUT2D eigenvalue weighted by atomic mass is 16.5. The molecule has 0 saturated heterocycles. The van der Waals surface area contributed by atoms with Crippen molar-refractivity contribution < 1.29 is 19.4 Å². The number of methoxy groups -OCH3 is 1. The van der Waals surface area contributed by atoms with Crippen molar-refractivity contribution in [2.75, 3.05) is 12.4 Å². The zero-order valence-electron chi connectivity index (χ0n) is 10.4. The number of esters is 1. The van der Waals surface area contributed by atoms with Crippen molar-refractivity contribution in [3.05, 3.63) is 18.0 Å². The normalized spacial score (nSPS) is 12.0. The number of nitrogens with one attached hydrogen (secondary N) is 1. The van der Waals surface area contributed by atoms with Crippen LogP contribution >= 0.6 is 0 Å². The number of hydrogen-bond donors (Lipinski definition) is 2. The van der Waals surface area contributed by atoms with E-state index in [1.807, 2.05) is 0 Å². The quantitative estimate of drug-likeness (QED) is 0.748. The van der Waals surface area contributed by atoms with Gasteiger partial charge in [-0.05, 0) is 5.92 Å². The second-order valence-electron chi connectivity index (χ2n) is 3.99. The highest BCUT2D eigenvalue weighted by Crippen LogP contribution is 2.09. The van der Waals surface area contributed by atoms with Gasteiger partial charge in [-0.1, -0.05) is 13.8 Å². The Labute approximate surface area is 104 Å². The van der Waals surface area contributed by atoms with Crippen LogP contribution in [0.1, 0.15) is 24.2 Å². The van der Waals surface area contributed by atoms with Crippen LogP contribution in [0.4, 0.5) is 5.95 Å². The first-order chi connectivity index (χ1) is 8.45. The van der Waals surface area contributed by atoms with Gasteiger partial charge < -0.3 is 15.2 Å². The monoisotopic (exact) mass is 253 g/mol. The van der Waals surface area contributed by atoms with Crippen LogP contribution in [0.5, 0.6) is 0 Å². The van der Waals surface area contributed by atoms with Crippen LogP contribution in [0.25, 0.3) is 0 Å². The minimum Gasteiger partial charge on any atom is -0.480 e. The summed E-state index contributed by atoms with van der Waals surface area (Å²) in [5.74, 6) is -1.49. The summed E-state index contributed by atoms with van der Waals surface area (Å²) in [5, 5.41) is 11.7. The molecule has 7 nitrogen and oxygen atoms in total. The van der Waals surface area contributed by atoms with Gasteiger partial charge >= 0.3 is 11.9 Å². The van der Waals surface area contributed by atoms with E-state index in [0.717, 1.165) is 0 Å². The molecule has 0 radical (unpaired) electrons.